The van der Waals surface area contributed by atoms with Gasteiger partial charge in [-0.3, -0.25) is 0 Å². The van der Waals surface area contributed by atoms with Gasteiger partial charge in [-0.2, -0.15) is 0 Å². The van der Waals surface area contributed by atoms with E-state index in [9.17, 15) is 4.79 Å². The zero-order chi connectivity index (χ0) is 14.4. The number of carboxylic acid groups (broad SMARTS) is 1. The first-order valence-electron chi connectivity index (χ1n) is 6.28. The summed E-state index contributed by atoms with van der Waals surface area (Å²) < 4.78 is 5.12. The number of benzene rings is 1. The Hall–Kier alpha value is -2.18. The van der Waals surface area contributed by atoms with Crippen molar-refractivity contribution in [2.75, 3.05) is 31.7 Å². The molecule has 0 spiro atoms. The normalized spacial score (nSPS) is 10.7. The zero-order valence-electron chi connectivity index (χ0n) is 10.9. The van der Waals surface area contributed by atoms with Crippen LogP contribution in [-0.2, 0) is 4.74 Å². The lowest BCUT2D eigenvalue weighted by atomic mass is 10.1. The minimum absolute atomic E-state index is 0.00614. The van der Waals surface area contributed by atoms with Gasteiger partial charge >= 0.3 is 5.97 Å². The smallest absolute Gasteiger partial charge is 0.336 e. The number of aliphatic hydroxyl groups is 1. The molecule has 1 aromatic heterocycles. The summed E-state index contributed by atoms with van der Waals surface area (Å²) in [6.07, 6.45) is 0. The Balaban J connectivity index is 2.08. The van der Waals surface area contributed by atoms with Gasteiger partial charge in [-0.1, -0.05) is 6.07 Å². The molecule has 2 rings (SSSR count). The molecule has 20 heavy (non-hydrogen) atoms. The fourth-order valence-electron chi connectivity index (χ4n) is 1.86. The lowest BCUT2D eigenvalue weighted by Gasteiger charge is -2.08. The molecule has 0 aliphatic carbocycles. The topological polar surface area (TPSA) is 91.7 Å². The molecule has 6 heteroatoms. The standard InChI is InChI=1S/C14H16N2O4/c17-7-9-20-8-6-15-13-5-4-10-11(14(18)19)2-1-3-12(10)16-13/h1-5,17H,6-9H2,(H,15,16)(H,18,19). The van der Waals surface area contributed by atoms with Crippen molar-refractivity contribution < 1.29 is 19.7 Å². The van der Waals surface area contributed by atoms with Gasteiger partial charge in [-0.05, 0) is 24.3 Å². The molecule has 0 radical (unpaired) electrons. The zero-order valence-corrected chi connectivity index (χ0v) is 10.9. The van der Waals surface area contributed by atoms with E-state index in [0.29, 0.717) is 36.5 Å². The number of anilines is 1. The fourth-order valence-corrected chi connectivity index (χ4v) is 1.86. The van der Waals surface area contributed by atoms with Crippen molar-refractivity contribution in [2.24, 2.45) is 0 Å². The van der Waals surface area contributed by atoms with Crippen LogP contribution in [0.1, 0.15) is 10.4 Å². The molecule has 3 N–H and O–H groups in total. The van der Waals surface area contributed by atoms with E-state index in [-0.39, 0.29) is 12.2 Å². The Kier molecular flexibility index (Phi) is 4.86. The van der Waals surface area contributed by atoms with Crippen LogP contribution in [-0.4, -0.2) is 47.5 Å². The minimum Gasteiger partial charge on any atom is -0.478 e. The van der Waals surface area contributed by atoms with E-state index in [2.05, 4.69) is 10.3 Å². The van der Waals surface area contributed by atoms with Crippen molar-refractivity contribution in [3.8, 4) is 0 Å². The Bertz CT molecular complexity index is 601. The molecule has 0 saturated heterocycles. The molecule has 0 atom stereocenters. The Morgan fingerprint density at radius 2 is 2.10 bits per heavy atom. The molecule has 0 amide bonds. The van der Waals surface area contributed by atoms with E-state index in [0.717, 1.165) is 0 Å². The van der Waals surface area contributed by atoms with Crippen LogP contribution in [0.15, 0.2) is 30.3 Å². The van der Waals surface area contributed by atoms with Crippen LogP contribution in [0.4, 0.5) is 5.82 Å². The number of ether oxygens (including phenoxy) is 1. The van der Waals surface area contributed by atoms with Crippen molar-refractivity contribution >= 4 is 22.7 Å². The number of aromatic carboxylic acids is 1. The van der Waals surface area contributed by atoms with E-state index in [4.69, 9.17) is 14.9 Å². The van der Waals surface area contributed by atoms with Crippen LogP contribution in [0.3, 0.4) is 0 Å². The highest BCUT2D eigenvalue weighted by molar-refractivity contribution is 6.02. The van der Waals surface area contributed by atoms with Gasteiger partial charge < -0.3 is 20.3 Å². The van der Waals surface area contributed by atoms with Gasteiger partial charge in [0.1, 0.15) is 5.82 Å². The number of hydrogen-bond acceptors (Lipinski definition) is 5. The monoisotopic (exact) mass is 276 g/mol. The number of rotatable bonds is 7. The van der Waals surface area contributed by atoms with Crippen molar-refractivity contribution in [3.63, 3.8) is 0 Å². The summed E-state index contributed by atoms with van der Waals surface area (Å²) in [4.78, 5) is 15.4. The van der Waals surface area contributed by atoms with Crippen LogP contribution in [0.2, 0.25) is 0 Å². The van der Waals surface area contributed by atoms with Crippen LogP contribution < -0.4 is 5.32 Å². The summed E-state index contributed by atoms with van der Waals surface area (Å²) in [6.45, 7) is 1.35. The SMILES string of the molecule is O=C(O)c1cccc2nc(NCCOCCO)ccc12. The molecule has 1 heterocycles. The summed E-state index contributed by atoms with van der Waals surface area (Å²) in [5.74, 6) is -0.303. The molecule has 2 aromatic rings. The fraction of sp³-hybridized carbons (Fsp3) is 0.286. The van der Waals surface area contributed by atoms with E-state index in [1.807, 2.05) is 0 Å². The molecular formula is C14H16N2O4. The van der Waals surface area contributed by atoms with Gasteiger partial charge in [0.15, 0.2) is 0 Å². The van der Waals surface area contributed by atoms with Crippen molar-refractivity contribution in [3.05, 3.63) is 35.9 Å². The summed E-state index contributed by atoms with van der Waals surface area (Å²) in [6, 6.07) is 8.48. The number of hydrogen-bond donors (Lipinski definition) is 3. The predicted octanol–water partition coefficient (Wildman–Crippen LogP) is 1.35. The Morgan fingerprint density at radius 3 is 2.85 bits per heavy atom. The molecule has 0 bridgehead atoms. The van der Waals surface area contributed by atoms with Gasteiger partial charge in [0.05, 0.1) is 30.9 Å². The van der Waals surface area contributed by atoms with Gasteiger partial charge in [-0.25, -0.2) is 9.78 Å². The maximum Gasteiger partial charge on any atom is 0.336 e. The number of carboxylic acids is 1. The third-order valence-electron chi connectivity index (χ3n) is 2.75. The first kappa shape index (κ1) is 14.2. The summed E-state index contributed by atoms with van der Waals surface area (Å²) in [5, 5.41) is 21.4. The third-order valence-corrected chi connectivity index (χ3v) is 2.75. The summed E-state index contributed by atoms with van der Waals surface area (Å²) >= 11 is 0. The number of nitrogens with one attached hydrogen (secondary N) is 1. The van der Waals surface area contributed by atoms with Gasteiger partial charge in [0.2, 0.25) is 0 Å². The molecule has 6 nitrogen and oxygen atoms in total. The van der Waals surface area contributed by atoms with E-state index in [1.54, 1.807) is 30.3 Å². The lowest BCUT2D eigenvalue weighted by molar-refractivity contribution is 0.0699. The number of pyridine rings is 1. The number of fused-ring (bicyclic) bond motifs is 1. The number of aliphatic hydroxyl groups excluding tert-OH is 1. The molecule has 1 aromatic carbocycles. The van der Waals surface area contributed by atoms with E-state index in [1.165, 1.54) is 0 Å². The quantitative estimate of drug-likeness (QED) is 0.661. The molecule has 0 unspecified atom stereocenters. The Labute approximate surface area is 116 Å². The third kappa shape index (κ3) is 3.43. The molecule has 106 valence electrons. The van der Waals surface area contributed by atoms with Crippen molar-refractivity contribution in [1.82, 2.24) is 4.98 Å². The highest BCUT2D eigenvalue weighted by Gasteiger charge is 2.08. The van der Waals surface area contributed by atoms with Gasteiger partial charge in [0, 0.05) is 11.9 Å². The largest absolute Gasteiger partial charge is 0.478 e. The molecule has 0 saturated carbocycles. The maximum atomic E-state index is 11.1. The highest BCUT2D eigenvalue weighted by atomic mass is 16.5. The van der Waals surface area contributed by atoms with Gasteiger partial charge in [0.25, 0.3) is 0 Å². The summed E-state index contributed by atoms with van der Waals surface area (Å²) in [7, 11) is 0. The van der Waals surface area contributed by atoms with Crippen molar-refractivity contribution in [2.45, 2.75) is 0 Å². The van der Waals surface area contributed by atoms with Crippen LogP contribution in [0, 0.1) is 0 Å². The first-order valence-corrected chi connectivity index (χ1v) is 6.28. The van der Waals surface area contributed by atoms with E-state index < -0.39 is 5.97 Å². The second-order valence-electron chi connectivity index (χ2n) is 4.14. The van der Waals surface area contributed by atoms with Crippen molar-refractivity contribution in [1.29, 1.82) is 0 Å². The molecular weight excluding hydrogens is 260 g/mol. The average molecular weight is 276 g/mol. The minimum atomic E-state index is -0.962. The number of aromatic nitrogens is 1. The average Bonchev–Trinajstić information content (AvgIpc) is 2.46. The highest BCUT2D eigenvalue weighted by Crippen LogP contribution is 2.19. The Morgan fingerprint density at radius 1 is 1.25 bits per heavy atom. The van der Waals surface area contributed by atoms with Crippen LogP contribution >= 0.6 is 0 Å². The van der Waals surface area contributed by atoms with Crippen LogP contribution in [0.25, 0.3) is 10.9 Å². The van der Waals surface area contributed by atoms with E-state index >= 15 is 0 Å². The molecule has 0 aliphatic heterocycles. The predicted molar refractivity (Wildman–Crippen MR) is 75.1 cm³/mol. The second kappa shape index (κ2) is 6.83. The number of nitrogens with zero attached hydrogens (tertiary/aromatic N) is 1. The lowest BCUT2D eigenvalue weighted by Crippen LogP contribution is -2.12. The van der Waals surface area contributed by atoms with Gasteiger partial charge in [-0.15, -0.1) is 0 Å². The molecule has 0 aliphatic rings. The second-order valence-corrected chi connectivity index (χ2v) is 4.14. The maximum absolute atomic E-state index is 11.1. The van der Waals surface area contributed by atoms with Crippen LogP contribution in [0.5, 0.6) is 0 Å². The first-order chi connectivity index (χ1) is 9.72. The molecule has 0 fully saturated rings. The number of carbonyl (C=O) groups is 1. The summed E-state index contributed by atoms with van der Waals surface area (Å²) in [5.41, 5.74) is 0.874.